The van der Waals surface area contributed by atoms with Gasteiger partial charge in [0.15, 0.2) is 5.82 Å². The van der Waals surface area contributed by atoms with Crippen LogP contribution in [0.3, 0.4) is 0 Å². The molecule has 1 aromatic heterocycles. The van der Waals surface area contributed by atoms with E-state index >= 15 is 0 Å². The Bertz CT molecular complexity index is 572. The Hall–Kier alpha value is -0.850. The summed E-state index contributed by atoms with van der Waals surface area (Å²) in [6, 6.07) is 5.81. The first-order valence-electron chi connectivity index (χ1n) is 5.59. The van der Waals surface area contributed by atoms with Crippen LogP contribution in [0.2, 0.25) is 5.02 Å². The zero-order chi connectivity index (χ0) is 13.8. The number of hydrogen-bond donors (Lipinski definition) is 2. The van der Waals surface area contributed by atoms with Gasteiger partial charge in [0, 0.05) is 15.5 Å². The maximum Gasteiger partial charge on any atom is 0.224 e. The maximum atomic E-state index is 6.11. The molecule has 0 aliphatic heterocycles. The molecule has 0 radical (unpaired) electrons. The second-order valence-corrected chi connectivity index (χ2v) is 5.76. The fraction of sp³-hybridized carbons (Fsp3) is 0.167. The second kappa shape index (κ2) is 6.54. The van der Waals surface area contributed by atoms with Gasteiger partial charge in [-0.3, -0.25) is 0 Å². The van der Waals surface area contributed by atoms with Crippen LogP contribution in [0.1, 0.15) is 6.92 Å². The van der Waals surface area contributed by atoms with E-state index in [9.17, 15) is 0 Å². The van der Waals surface area contributed by atoms with Gasteiger partial charge in [0.25, 0.3) is 0 Å². The van der Waals surface area contributed by atoms with Crippen molar-refractivity contribution in [2.24, 2.45) is 0 Å². The van der Waals surface area contributed by atoms with Crippen LogP contribution in [0.15, 0.2) is 33.3 Å². The van der Waals surface area contributed by atoms with E-state index in [1.165, 1.54) is 0 Å². The summed E-state index contributed by atoms with van der Waals surface area (Å²) in [5.74, 6) is 1.10. The van der Waals surface area contributed by atoms with Gasteiger partial charge in [-0.25, -0.2) is 4.98 Å². The number of benzene rings is 1. The molecule has 2 rings (SSSR count). The monoisotopic (exact) mass is 404 g/mol. The number of para-hydroxylation sites is 1. The van der Waals surface area contributed by atoms with Crippen molar-refractivity contribution >= 4 is 60.9 Å². The summed E-state index contributed by atoms with van der Waals surface area (Å²) in [7, 11) is 0. The van der Waals surface area contributed by atoms with Gasteiger partial charge in [0.05, 0.1) is 11.9 Å². The van der Waals surface area contributed by atoms with Crippen LogP contribution in [0.25, 0.3) is 0 Å². The molecule has 4 nitrogen and oxygen atoms in total. The summed E-state index contributed by atoms with van der Waals surface area (Å²) in [4.78, 5) is 8.43. The summed E-state index contributed by atoms with van der Waals surface area (Å²) in [6.45, 7) is 2.73. The van der Waals surface area contributed by atoms with E-state index in [0.717, 1.165) is 21.2 Å². The predicted octanol–water partition coefficient (Wildman–Crippen LogP) is 4.83. The van der Waals surface area contributed by atoms with Crippen molar-refractivity contribution in [3.8, 4) is 0 Å². The lowest BCUT2D eigenvalue weighted by atomic mass is 10.3. The first-order chi connectivity index (χ1) is 9.11. The van der Waals surface area contributed by atoms with Crippen LogP contribution in [0.5, 0.6) is 0 Å². The second-order valence-electron chi connectivity index (χ2n) is 3.64. The first kappa shape index (κ1) is 14.6. The van der Waals surface area contributed by atoms with Crippen LogP contribution in [-0.4, -0.2) is 16.5 Å². The molecule has 7 heteroatoms. The van der Waals surface area contributed by atoms with Gasteiger partial charge in [-0.1, -0.05) is 17.7 Å². The highest BCUT2D eigenvalue weighted by molar-refractivity contribution is 9.11. The molecule has 0 saturated carbocycles. The van der Waals surface area contributed by atoms with E-state index in [2.05, 4.69) is 52.5 Å². The molecule has 0 amide bonds. The van der Waals surface area contributed by atoms with Gasteiger partial charge >= 0.3 is 0 Å². The molecule has 2 aromatic rings. The lowest BCUT2D eigenvalue weighted by Crippen LogP contribution is -2.04. The van der Waals surface area contributed by atoms with Gasteiger partial charge in [0.2, 0.25) is 5.95 Å². The Morgan fingerprint density at radius 3 is 2.58 bits per heavy atom. The fourth-order valence-corrected chi connectivity index (χ4v) is 2.77. The molecule has 19 heavy (non-hydrogen) atoms. The van der Waals surface area contributed by atoms with Gasteiger partial charge in [-0.2, -0.15) is 4.98 Å². The van der Waals surface area contributed by atoms with Crippen molar-refractivity contribution < 1.29 is 0 Å². The zero-order valence-corrected chi connectivity index (χ0v) is 14.0. The molecule has 0 aliphatic carbocycles. The van der Waals surface area contributed by atoms with Gasteiger partial charge < -0.3 is 10.6 Å². The number of nitrogens with one attached hydrogen (secondary N) is 2. The highest BCUT2D eigenvalue weighted by atomic mass is 79.9. The van der Waals surface area contributed by atoms with E-state index in [0.29, 0.717) is 16.8 Å². The van der Waals surface area contributed by atoms with E-state index in [1.54, 1.807) is 6.20 Å². The van der Waals surface area contributed by atoms with Crippen molar-refractivity contribution in [1.82, 2.24) is 9.97 Å². The van der Waals surface area contributed by atoms with Gasteiger partial charge in [-0.15, -0.1) is 0 Å². The lowest BCUT2D eigenvalue weighted by molar-refractivity contribution is 1.09. The van der Waals surface area contributed by atoms with Crippen molar-refractivity contribution in [2.45, 2.75) is 6.92 Å². The number of halogens is 3. The lowest BCUT2D eigenvalue weighted by Gasteiger charge is -2.12. The Kier molecular flexibility index (Phi) is 5.01. The molecule has 0 bridgehead atoms. The molecule has 0 fully saturated rings. The zero-order valence-electron chi connectivity index (χ0n) is 10.0. The number of aromatic nitrogens is 2. The molecule has 0 saturated heterocycles. The standard InChI is InChI=1S/C12H11Br2ClN4/c1-2-16-12-17-6-9(15)11(19-12)18-10-7(13)4-3-5-8(10)14/h3-6H,2H2,1H3,(H2,16,17,18,19). The van der Waals surface area contributed by atoms with Crippen molar-refractivity contribution in [2.75, 3.05) is 17.2 Å². The minimum atomic E-state index is 0.462. The SMILES string of the molecule is CCNc1ncc(Cl)c(Nc2c(Br)cccc2Br)n1. The van der Waals surface area contributed by atoms with E-state index in [4.69, 9.17) is 11.6 Å². The molecule has 0 aliphatic rings. The third kappa shape index (κ3) is 3.58. The largest absolute Gasteiger partial charge is 0.354 e. The third-order valence-corrected chi connectivity index (χ3v) is 3.88. The van der Waals surface area contributed by atoms with Crippen molar-refractivity contribution in [3.63, 3.8) is 0 Å². The number of anilines is 3. The van der Waals surface area contributed by atoms with Gasteiger partial charge in [0.1, 0.15) is 5.02 Å². The van der Waals surface area contributed by atoms with Crippen LogP contribution >= 0.6 is 43.5 Å². The first-order valence-corrected chi connectivity index (χ1v) is 7.55. The minimum absolute atomic E-state index is 0.462. The predicted molar refractivity (Wildman–Crippen MR) is 86.3 cm³/mol. The normalized spacial score (nSPS) is 10.3. The van der Waals surface area contributed by atoms with Crippen molar-refractivity contribution in [3.05, 3.63) is 38.4 Å². The highest BCUT2D eigenvalue weighted by Gasteiger charge is 2.10. The fourth-order valence-electron chi connectivity index (χ4n) is 1.43. The van der Waals surface area contributed by atoms with Crippen LogP contribution < -0.4 is 10.6 Å². The number of nitrogens with zero attached hydrogens (tertiary/aromatic N) is 2. The van der Waals surface area contributed by atoms with Crippen LogP contribution in [-0.2, 0) is 0 Å². The molecule has 1 heterocycles. The molecular formula is C12H11Br2ClN4. The summed E-state index contributed by atoms with van der Waals surface area (Å²) in [6.07, 6.45) is 1.57. The van der Waals surface area contributed by atoms with E-state index < -0.39 is 0 Å². The maximum absolute atomic E-state index is 6.11. The molecule has 0 spiro atoms. The molecule has 0 atom stereocenters. The quantitative estimate of drug-likeness (QED) is 0.764. The highest BCUT2D eigenvalue weighted by Crippen LogP contribution is 2.34. The van der Waals surface area contributed by atoms with Crippen LogP contribution in [0.4, 0.5) is 17.5 Å². The van der Waals surface area contributed by atoms with E-state index in [-0.39, 0.29) is 0 Å². The number of rotatable bonds is 4. The minimum Gasteiger partial charge on any atom is -0.354 e. The molecular weight excluding hydrogens is 395 g/mol. The van der Waals surface area contributed by atoms with Crippen LogP contribution in [0, 0.1) is 0 Å². The molecule has 1 aromatic carbocycles. The van der Waals surface area contributed by atoms with Gasteiger partial charge in [-0.05, 0) is 50.9 Å². The third-order valence-electron chi connectivity index (χ3n) is 2.29. The average molecular weight is 407 g/mol. The summed E-state index contributed by atoms with van der Waals surface area (Å²) in [5.41, 5.74) is 0.866. The molecule has 0 unspecified atom stereocenters. The smallest absolute Gasteiger partial charge is 0.224 e. The Morgan fingerprint density at radius 2 is 1.95 bits per heavy atom. The Balaban J connectivity index is 2.35. The summed E-state index contributed by atoms with van der Waals surface area (Å²) < 4.78 is 1.84. The average Bonchev–Trinajstić information content (AvgIpc) is 2.38. The Labute approximate surface area is 133 Å². The molecule has 2 N–H and O–H groups in total. The molecule has 100 valence electrons. The van der Waals surface area contributed by atoms with Crippen molar-refractivity contribution in [1.29, 1.82) is 0 Å². The topological polar surface area (TPSA) is 49.8 Å². The van der Waals surface area contributed by atoms with E-state index in [1.807, 2.05) is 25.1 Å². The summed E-state index contributed by atoms with van der Waals surface area (Å²) >= 11 is 13.1. The summed E-state index contributed by atoms with van der Waals surface area (Å²) in [5, 5.41) is 6.70. The number of hydrogen-bond acceptors (Lipinski definition) is 4. The Morgan fingerprint density at radius 1 is 1.26 bits per heavy atom.